The summed E-state index contributed by atoms with van der Waals surface area (Å²) in [5, 5.41) is 6.20. The van der Waals surface area contributed by atoms with Crippen LogP contribution in [-0.2, 0) is 26.7 Å². The summed E-state index contributed by atoms with van der Waals surface area (Å²) in [5.41, 5.74) is 5.25. The number of fused-ring (bicyclic) bond motifs is 4. The molecular weight excluding hydrogens is 692 g/mol. The first-order valence-electron chi connectivity index (χ1n) is 18.9. The molecule has 282 valence electrons. The van der Waals surface area contributed by atoms with E-state index in [1.807, 2.05) is 30.3 Å². The molecular formula is C41H45F2N7O4. The number of carbonyl (C=O) groups is 2. The van der Waals surface area contributed by atoms with Gasteiger partial charge >= 0.3 is 6.09 Å². The Morgan fingerprint density at radius 2 is 1.72 bits per heavy atom. The summed E-state index contributed by atoms with van der Waals surface area (Å²) in [5.74, 6) is -2.03. The highest BCUT2D eigenvalue weighted by atomic mass is 19.3. The molecule has 4 heterocycles. The van der Waals surface area contributed by atoms with E-state index in [0.29, 0.717) is 66.2 Å². The fourth-order valence-corrected chi connectivity index (χ4v) is 8.08. The molecule has 8 rings (SSSR count). The van der Waals surface area contributed by atoms with Crippen molar-refractivity contribution in [3.63, 3.8) is 0 Å². The van der Waals surface area contributed by atoms with Crippen LogP contribution in [0.1, 0.15) is 74.3 Å². The van der Waals surface area contributed by atoms with Crippen LogP contribution in [0.5, 0.6) is 0 Å². The Bertz CT molecular complexity index is 2170. The van der Waals surface area contributed by atoms with Crippen molar-refractivity contribution in [3.8, 4) is 33.5 Å². The van der Waals surface area contributed by atoms with Gasteiger partial charge < -0.3 is 35.0 Å². The maximum Gasteiger partial charge on any atom is 0.407 e. The summed E-state index contributed by atoms with van der Waals surface area (Å²) in [7, 11) is 1.29. The molecule has 2 aliphatic heterocycles. The third kappa shape index (κ3) is 6.86. The van der Waals surface area contributed by atoms with E-state index in [9.17, 15) is 9.59 Å². The number of H-pyrrole nitrogens is 2. The minimum absolute atomic E-state index is 0.0148. The van der Waals surface area contributed by atoms with Gasteiger partial charge in [-0.25, -0.2) is 14.8 Å². The first kappa shape index (κ1) is 35.9. The zero-order valence-corrected chi connectivity index (χ0v) is 30.5. The predicted molar refractivity (Wildman–Crippen MR) is 201 cm³/mol. The highest BCUT2D eigenvalue weighted by Gasteiger charge is 2.45. The molecule has 54 heavy (non-hydrogen) atoms. The predicted octanol–water partition coefficient (Wildman–Crippen LogP) is 7.44. The van der Waals surface area contributed by atoms with Gasteiger partial charge in [-0.05, 0) is 91.1 Å². The van der Waals surface area contributed by atoms with Crippen LogP contribution >= 0.6 is 0 Å². The fraction of sp³-hybridized carbons (Fsp3) is 0.415. The number of halogens is 2. The molecule has 2 atom stereocenters. The topological polar surface area (TPSA) is 137 Å². The summed E-state index contributed by atoms with van der Waals surface area (Å²) in [6.45, 7) is 4.77. The van der Waals surface area contributed by atoms with Gasteiger partial charge in [0.05, 0.1) is 42.6 Å². The third-order valence-electron chi connectivity index (χ3n) is 11.1. The number of aromatic nitrogens is 4. The summed E-state index contributed by atoms with van der Waals surface area (Å²) < 4.78 is 42.9. The third-order valence-corrected chi connectivity index (χ3v) is 11.1. The number of imidazole rings is 2. The summed E-state index contributed by atoms with van der Waals surface area (Å²) in [6.07, 6.45) is 6.13. The summed E-state index contributed by atoms with van der Waals surface area (Å²) in [6, 6.07) is 15.5. The smallest absolute Gasteiger partial charge is 0.407 e. The van der Waals surface area contributed by atoms with E-state index in [1.54, 1.807) is 35.4 Å². The van der Waals surface area contributed by atoms with Crippen molar-refractivity contribution in [1.82, 2.24) is 35.5 Å². The number of unbranched alkanes of at least 4 members (excludes halogenated alkanes) is 1. The minimum Gasteiger partial charge on any atom is -0.453 e. The molecule has 13 heteroatoms. The van der Waals surface area contributed by atoms with Crippen molar-refractivity contribution >= 4 is 23.0 Å². The minimum atomic E-state index is -3.18. The van der Waals surface area contributed by atoms with E-state index < -0.39 is 18.1 Å². The second-order valence-corrected chi connectivity index (χ2v) is 14.5. The van der Waals surface area contributed by atoms with Crippen LogP contribution < -0.4 is 10.6 Å². The van der Waals surface area contributed by atoms with Crippen LogP contribution in [0.15, 0.2) is 60.8 Å². The first-order valence-corrected chi connectivity index (χ1v) is 18.9. The van der Waals surface area contributed by atoms with Gasteiger partial charge in [-0.2, -0.15) is 8.78 Å². The Balaban J connectivity index is 1.03. The van der Waals surface area contributed by atoms with Crippen molar-refractivity contribution in [2.75, 3.05) is 33.4 Å². The monoisotopic (exact) mass is 737 g/mol. The Hall–Kier alpha value is -5.14. The summed E-state index contributed by atoms with van der Waals surface area (Å²) in [4.78, 5) is 44.1. The standard InChI is InChI=1S/C41H45F2N7O4/c1-3-4-16-50(39(51)37(49-40(52)53-2)24-13-17-54-18-14-24)23-36-46-32-12-9-26(21-34(32)47-36)25-7-10-28-29-11-8-27(20-31(29)41(42,43)30(28)19-25)35-22-45-38(48-35)33-6-5-15-44-33/h7-12,19-22,24,33,37,44H,3-6,13-18,23H2,1-2H3,(H,45,48)(H,46,47)(H,49,52)/t33-,37-/m0/s1. The van der Waals surface area contributed by atoms with Crippen molar-refractivity contribution in [3.05, 3.63) is 83.6 Å². The molecule has 4 N–H and O–H groups in total. The SMILES string of the molecule is CCCCN(Cc1nc2ccc(-c3ccc4c(c3)C(F)(F)c3cc(-c5cnc([C@@H]6CCCN6)[nH]5)ccc3-4)cc2[nH]1)C(=O)[C@@H](NC(=O)OC)C1CCOCC1. The molecule has 5 aromatic rings. The molecule has 0 radical (unpaired) electrons. The number of ether oxygens (including phenoxy) is 2. The zero-order valence-electron chi connectivity index (χ0n) is 30.5. The van der Waals surface area contributed by atoms with Crippen LogP contribution in [0.2, 0.25) is 0 Å². The second-order valence-electron chi connectivity index (χ2n) is 14.5. The van der Waals surface area contributed by atoms with Crippen molar-refractivity contribution < 1.29 is 27.8 Å². The maximum absolute atomic E-state index is 16.2. The number of benzene rings is 3. The number of alkyl carbamates (subject to hydrolysis) is 1. The number of hydrogen-bond acceptors (Lipinski definition) is 7. The van der Waals surface area contributed by atoms with Crippen LogP contribution in [0, 0.1) is 5.92 Å². The molecule has 1 aliphatic carbocycles. The molecule has 3 aromatic carbocycles. The number of nitrogens with zero attached hydrogens (tertiary/aromatic N) is 3. The second kappa shape index (κ2) is 14.9. The lowest BCUT2D eigenvalue weighted by Crippen LogP contribution is -2.53. The highest BCUT2D eigenvalue weighted by Crippen LogP contribution is 2.52. The molecule has 0 saturated carbocycles. The van der Waals surface area contributed by atoms with E-state index in [2.05, 4.69) is 32.5 Å². The van der Waals surface area contributed by atoms with E-state index in [-0.39, 0.29) is 35.5 Å². The van der Waals surface area contributed by atoms with Gasteiger partial charge in [0.1, 0.15) is 17.7 Å². The molecule has 2 amide bonds. The van der Waals surface area contributed by atoms with Gasteiger partial charge in [0, 0.05) is 36.4 Å². The van der Waals surface area contributed by atoms with Crippen molar-refractivity contribution in [1.29, 1.82) is 0 Å². The largest absolute Gasteiger partial charge is 0.453 e. The van der Waals surface area contributed by atoms with Gasteiger partial charge in [-0.15, -0.1) is 0 Å². The Labute approximate surface area is 312 Å². The average Bonchev–Trinajstić information content (AvgIpc) is 4.02. The molecule has 0 spiro atoms. The van der Waals surface area contributed by atoms with Crippen LogP contribution in [0.25, 0.3) is 44.5 Å². The Morgan fingerprint density at radius 1 is 1.00 bits per heavy atom. The molecule has 0 unspecified atom stereocenters. The maximum atomic E-state index is 16.2. The van der Waals surface area contributed by atoms with E-state index in [1.165, 1.54) is 7.11 Å². The average molecular weight is 738 g/mol. The van der Waals surface area contributed by atoms with Crippen molar-refractivity contribution in [2.24, 2.45) is 5.92 Å². The number of hydrogen-bond donors (Lipinski definition) is 4. The van der Waals surface area contributed by atoms with Crippen LogP contribution in [-0.4, -0.2) is 76.3 Å². The van der Waals surface area contributed by atoms with Gasteiger partial charge in [0.2, 0.25) is 5.91 Å². The van der Waals surface area contributed by atoms with Gasteiger partial charge in [0.15, 0.2) is 0 Å². The molecule has 2 aromatic heterocycles. The lowest BCUT2D eigenvalue weighted by atomic mass is 9.90. The normalized spacial score (nSPS) is 18.3. The Morgan fingerprint density at radius 3 is 2.44 bits per heavy atom. The summed E-state index contributed by atoms with van der Waals surface area (Å²) >= 11 is 0. The van der Waals surface area contributed by atoms with Gasteiger partial charge in [0.25, 0.3) is 5.92 Å². The highest BCUT2D eigenvalue weighted by molar-refractivity contribution is 5.88. The molecule has 2 fully saturated rings. The number of aromatic amines is 2. The zero-order chi connectivity index (χ0) is 37.4. The number of amides is 2. The number of carbonyl (C=O) groups excluding carboxylic acids is 2. The van der Waals surface area contributed by atoms with E-state index in [4.69, 9.17) is 14.5 Å². The van der Waals surface area contributed by atoms with E-state index in [0.717, 1.165) is 54.8 Å². The van der Waals surface area contributed by atoms with Gasteiger partial charge in [-0.1, -0.05) is 43.7 Å². The Kier molecular flexibility index (Phi) is 9.93. The number of methoxy groups -OCH3 is 1. The molecule has 11 nitrogen and oxygen atoms in total. The molecule has 0 bridgehead atoms. The number of alkyl halides is 2. The van der Waals surface area contributed by atoms with Crippen LogP contribution in [0.4, 0.5) is 13.6 Å². The number of nitrogens with one attached hydrogen (secondary N) is 4. The lowest BCUT2D eigenvalue weighted by Gasteiger charge is -2.33. The first-order chi connectivity index (χ1) is 26.2. The van der Waals surface area contributed by atoms with Crippen molar-refractivity contribution in [2.45, 2.75) is 70.0 Å². The molecule has 3 aliphatic rings. The fourth-order valence-electron chi connectivity index (χ4n) is 8.08. The lowest BCUT2D eigenvalue weighted by molar-refractivity contribution is -0.136. The quantitative estimate of drug-likeness (QED) is 0.111. The number of rotatable bonds is 11. The van der Waals surface area contributed by atoms with Gasteiger partial charge in [-0.3, -0.25) is 4.79 Å². The van der Waals surface area contributed by atoms with E-state index >= 15 is 8.78 Å². The molecule has 2 saturated heterocycles. The van der Waals surface area contributed by atoms with Crippen LogP contribution in [0.3, 0.4) is 0 Å².